The number of rotatable bonds is 2. The number of benzene rings is 1. The monoisotopic (exact) mass is 327 g/mol. The van der Waals surface area contributed by atoms with Crippen molar-refractivity contribution in [3.8, 4) is 5.69 Å². The Kier molecular flexibility index (Phi) is 3.51. The van der Waals surface area contributed by atoms with E-state index in [0.29, 0.717) is 12.1 Å². The number of anilines is 1. The third kappa shape index (κ3) is 2.47. The van der Waals surface area contributed by atoms with Crippen molar-refractivity contribution in [2.75, 3.05) is 5.73 Å². The van der Waals surface area contributed by atoms with E-state index in [1.807, 2.05) is 13.8 Å². The zero-order valence-electron chi connectivity index (χ0n) is 13.4. The third-order valence-electron chi connectivity index (χ3n) is 4.23. The molecule has 0 amide bonds. The number of nitrogen functional groups attached to an aromatic ring is 1. The maximum atomic E-state index is 12.4. The molecule has 3 rings (SSSR count). The van der Waals surface area contributed by atoms with Crippen molar-refractivity contribution in [2.24, 2.45) is 5.41 Å². The number of carbonyl (C=O) groups excluding carboxylic acids is 1. The van der Waals surface area contributed by atoms with Gasteiger partial charge in [0, 0.05) is 24.2 Å². The molecule has 1 heterocycles. The van der Waals surface area contributed by atoms with Gasteiger partial charge in [-0.15, -0.1) is 0 Å². The number of hydrogen-bond donors (Lipinski definition) is 1. The highest BCUT2D eigenvalue weighted by molar-refractivity contribution is 5.99. The van der Waals surface area contributed by atoms with Crippen LogP contribution in [-0.4, -0.2) is 15.3 Å². The molecule has 1 aromatic heterocycles. The highest BCUT2D eigenvalue weighted by Gasteiger charge is 2.35. The number of fused-ring (bicyclic) bond motifs is 1. The molecule has 0 fully saturated rings. The summed E-state index contributed by atoms with van der Waals surface area (Å²) in [5.41, 5.74) is 5.87. The van der Waals surface area contributed by atoms with E-state index in [-0.39, 0.29) is 40.4 Å². The van der Waals surface area contributed by atoms with Gasteiger partial charge < -0.3 is 5.73 Å². The Labute approximate surface area is 137 Å². The van der Waals surface area contributed by atoms with Crippen LogP contribution in [0.5, 0.6) is 0 Å². The minimum Gasteiger partial charge on any atom is -0.385 e. The highest BCUT2D eigenvalue weighted by Crippen LogP contribution is 2.36. The van der Waals surface area contributed by atoms with Gasteiger partial charge >= 0.3 is 0 Å². The number of nitro groups is 1. The number of nitro benzene ring substituents is 1. The molecule has 0 aliphatic heterocycles. The number of hydrogen-bond acceptors (Lipinski definition) is 5. The fraction of sp³-hybridized carbons (Fsp3) is 0.294. The fourth-order valence-corrected chi connectivity index (χ4v) is 3.28. The van der Waals surface area contributed by atoms with Crippen LogP contribution >= 0.6 is 0 Å². The van der Waals surface area contributed by atoms with Gasteiger partial charge in [-0.25, -0.2) is 0 Å². The number of aromatic nitrogens is 1. The predicted molar refractivity (Wildman–Crippen MR) is 89.5 cm³/mol. The molecule has 2 N–H and O–H groups in total. The van der Waals surface area contributed by atoms with Crippen molar-refractivity contribution in [3.63, 3.8) is 0 Å². The SMILES string of the molecule is CC1(C)CC(=O)c2c(n(-c3ccccc3[N+](=O)[O-])c(N)cc2=O)C1. The number of para-hydroxylation sites is 2. The van der Waals surface area contributed by atoms with E-state index in [9.17, 15) is 19.7 Å². The molecular formula is C17H17N3O4. The van der Waals surface area contributed by atoms with E-state index in [4.69, 9.17) is 5.73 Å². The Morgan fingerprint density at radius 2 is 1.88 bits per heavy atom. The average Bonchev–Trinajstić information content (AvgIpc) is 2.45. The summed E-state index contributed by atoms with van der Waals surface area (Å²) in [6, 6.07) is 7.30. The van der Waals surface area contributed by atoms with Crippen LogP contribution in [0, 0.1) is 15.5 Å². The molecule has 2 aromatic rings. The zero-order chi connectivity index (χ0) is 17.6. The minimum absolute atomic E-state index is 0.0820. The lowest BCUT2D eigenvalue weighted by molar-refractivity contribution is -0.384. The van der Waals surface area contributed by atoms with Gasteiger partial charge in [0.2, 0.25) is 0 Å². The molecule has 1 aliphatic rings. The van der Waals surface area contributed by atoms with Gasteiger partial charge in [0.05, 0.1) is 10.5 Å². The molecule has 0 spiro atoms. The summed E-state index contributed by atoms with van der Waals surface area (Å²) < 4.78 is 1.47. The molecule has 0 atom stereocenters. The van der Waals surface area contributed by atoms with Crippen LogP contribution in [0.3, 0.4) is 0 Å². The fourth-order valence-electron chi connectivity index (χ4n) is 3.28. The van der Waals surface area contributed by atoms with E-state index >= 15 is 0 Å². The summed E-state index contributed by atoms with van der Waals surface area (Å²) in [7, 11) is 0. The summed E-state index contributed by atoms with van der Waals surface area (Å²) in [6.07, 6.45) is 0.691. The molecule has 124 valence electrons. The Morgan fingerprint density at radius 1 is 1.21 bits per heavy atom. The van der Waals surface area contributed by atoms with Crippen LogP contribution in [0.1, 0.15) is 36.3 Å². The molecule has 0 saturated heterocycles. The van der Waals surface area contributed by atoms with E-state index in [1.54, 1.807) is 18.2 Å². The molecule has 0 radical (unpaired) electrons. The quantitative estimate of drug-likeness (QED) is 0.673. The Balaban J connectivity index is 2.40. The summed E-state index contributed by atoms with van der Waals surface area (Å²) >= 11 is 0. The largest absolute Gasteiger partial charge is 0.385 e. The number of nitrogens with zero attached hydrogens (tertiary/aromatic N) is 2. The first-order valence-electron chi connectivity index (χ1n) is 7.53. The third-order valence-corrected chi connectivity index (χ3v) is 4.23. The molecule has 7 heteroatoms. The molecule has 0 unspecified atom stereocenters. The molecule has 1 aromatic carbocycles. The van der Waals surface area contributed by atoms with Crippen molar-refractivity contribution in [3.05, 3.63) is 61.9 Å². The van der Waals surface area contributed by atoms with Gasteiger partial charge in [-0.1, -0.05) is 26.0 Å². The number of carbonyl (C=O) groups is 1. The van der Waals surface area contributed by atoms with Crippen LogP contribution in [0.25, 0.3) is 5.69 Å². The van der Waals surface area contributed by atoms with Gasteiger partial charge in [0.15, 0.2) is 11.2 Å². The molecule has 1 aliphatic carbocycles. The van der Waals surface area contributed by atoms with Gasteiger partial charge in [0.1, 0.15) is 11.5 Å². The highest BCUT2D eigenvalue weighted by atomic mass is 16.6. The van der Waals surface area contributed by atoms with Crippen LogP contribution < -0.4 is 11.2 Å². The molecular weight excluding hydrogens is 310 g/mol. The second-order valence-electron chi connectivity index (χ2n) is 6.78. The van der Waals surface area contributed by atoms with Crippen LogP contribution in [0.15, 0.2) is 35.1 Å². The van der Waals surface area contributed by atoms with Crippen LogP contribution in [0.2, 0.25) is 0 Å². The van der Waals surface area contributed by atoms with E-state index in [0.717, 1.165) is 6.07 Å². The molecule has 24 heavy (non-hydrogen) atoms. The number of pyridine rings is 1. The van der Waals surface area contributed by atoms with E-state index in [1.165, 1.54) is 10.6 Å². The number of Topliss-reactive ketones (excluding diaryl/α,β-unsaturated/α-hetero) is 1. The van der Waals surface area contributed by atoms with Crippen molar-refractivity contribution in [1.29, 1.82) is 0 Å². The first-order chi connectivity index (χ1) is 11.2. The Morgan fingerprint density at radius 3 is 2.54 bits per heavy atom. The molecule has 0 bridgehead atoms. The number of ketones is 1. The van der Waals surface area contributed by atoms with Crippen molar-refractivity contribution >= 4 is 17.3 Å². The second kappa shape index (κ2) is 5.30. The maximum absolute atomic E-state index is 12.4. The van der Waals surface area contributed by atoms with E-state index in [2.05, 4.69) is 0 Å². The summed E-state index contributed by atoms with van der Waals surface area (Å²) in [4.78, 5) is 35.6. The first-order valence-corrected chi connectivity index (χ1v) is 7.53. The normalized spacial score (nSPS) is 15.8. The standard InChI is InChI=1S/C17H17N3O4/c1-17(2)8-12-16(14(22)9-17)13(21)7-15(18)19(12)10-5-3-4-6-11(10)20(23)24/h3-7H,8-9,18H2,1-2H3. The summed E-state index contributed by atoms with van der Waals surface area (Å²) in [5.74, 6) is -0.169. The van der Waals surface area contributed by atoms with Crippen LogP contribution in [-0.2, 0) is 6.42 Å². The summed E-state index contributed by atoms with van der Waals surface area (Å²) in [5, 5.41) is 11.4. The number of nitrogens with two attached hydrogens (primary N) is 1. The molecule has 7 nitrogen and oxygen atoms in total. The lowest BCUT2D eigenvalue weighted by atomic mass is 9.75. The average molecular weight is 327 g/mol. The zero-order valence-corrected chi connectivity index (χ0v) is 13.4. The van der Waals surface area contributed by atoms with E-state index < -0.39 is 10.4 Å². The maximum Gasteiger partial charge on any atom is 0.293 e. The Hall–Kier alpha value is -2.96. The first kappa shape index (κ1) is 15.9. The molecule has 0 saturated carbocycles. The Bertz CT molecular complexity index is 928. The topological polar surface area (TPSA) is 108 Å². The van der Waals surface area contributed by atoms with Crippen molar-refractivity contribution < 1.29 is 9.72 Å². The van der Waals surface area contributed by atoms with Crippen LogP contribution in [0.4, 0.5) is 11.5 Å². The smallest absolute Gasteiger partial charge is 0.293 e. The van der Waals surface area contributed by atoms with Crippen molar-refractivity contribution in [2.45, 2.75) is 26.7 Å². The predicted octanol–water partition coefficient (Wildman–Crippen LogP) is 2.48. The lowest BCUT2D eigenvalue weighted by Crippen LogP contribution is -2.35. The van der Waals surface area contributed by atoms with Gasteiger partial charge in [-0.3, -0.25) is 24.3 Å². The lowest BCUT2D eigenvalue weighted by Gasteiger charge is -2.32. The van der Waals surface area contributed by atoms with Crippen molar-refractivity contribution in [1.82, 2.24) is 4.57 Å². The van der Waals surface area contributed by atoms with Gasteiger partial charge in [-0.2, -0.15) is 0 Å². The van der Waals surface area contributed by atoms with Gasteiger partial charge in [0.25, 0.3) is 5.69 Å². The minimum atomic E-state index is -0.505. The second-order valence-corrected chi connectivity index (χ2v) is 6.78. The van der Waals surface area contributed by atoms with Gasteiger partial charge in [-0.05, 0) is 17.9 Å². The summed E-state index contributed by atoms with van der Waals surface area (Å²) in [6.45, 7) is 3.84.